The molecule has 1 aromatic rings. The average Bonchev–Trinajstić information content (AvgIpc) is 2.43. The second-order valence-corrected chi connectivity index (χ2v) is 6.03. The summed E-state index contributed by atoms with van der Waals surface area (Å²) in [6.45, 7) is 0. The Morgan fingerprint density at radius 1 is 1.22 bits per heavy atom. The van der Waals surface area contributed by atoms with Crippen molar-refractivity contribution in [1.82, 2.24) is 5.43 Å². The van der Waals surface area contributed by atoms with Crippen molar-refractivity contribution in [3.63, 3.8) is 0 Å². The SMILES string of the molecule is NNC(CSc1ccc(F)cc1)C1CCCCC1. The Kier molecular flexibility index (Phi) is 5.47. The van der Waals surface area contributed by atoms with E-state index in [9.17, 15) is 4.39 Å². The molecule has 1 aliphatic carbocycles. The summed E-state index contributed by atoms with van der Waals surface area (Å²) in [4.78, 5) is 1.10. The van der Waals surface area contributed by atoms with Crippen LogP contribution < -0.4 is 11.3 Å². The van der Waals surface area contributed by atoms with Gasteiger partial charge >= 0.3 is 0 Å². The lowest BCUT2D eigenvalue weighted by Gasteiger charge is -2.29. The highest BCUT2D eigenvalue weighted by Crippen LogP contribution is 2.29. The second-order valence-electron chi connectivity index (χ2n) is 4.94. The van der Waals surface area contributed by atoms with Crippen LogP contribution in [0.1, 0.15) is 32.1 Å². The normalized spacial score (nSPS) is 18.8. The van der Waals surface area contributed by atoms with E-state index in [0.717, 1.165) is 10.6 Å². The molecule has 3 N–H and O–H groups in total. The fourth-order valence-electron chi connectivity index (χ4n) is 2.57. The van der Waals surface area contributed by atoms with Gasteiger partial charge in [-0.3, -0.25) is 11.3 Å². The van der Waals surface area contributed by atoms with Gasteiger partial charge in [-0.2, -0.15) is 0 Å². The Hall–Kier alpha value is -0.580. The molecule has 1 aromatic carbocycles. The fraction of sp³-hybridized carbons (Fsp3) is 0.571. The molecule has 2 nitrogen and oxygen atoms in total. The van der Waals surface area contributed by atoms with Crippen molar-refractivity contribution in [3.8, 4) is 0 Å². The molecule has 2 rings (SSSR count). The number of hydrogen-bond acceptors (Lipinski definition) is 3. The third-order valence-corrected chi connectivity index (χ3v) is 4.81. The van der Waals surface area contributed by atoms with E-state index in [0.29, 0.717) is 12.0 Å². The zero-order valence-electron chi connectivity index (χ0n) is 10.6. The van der Waals surface area contributed by atoms with E-state index in [1.165, 1.54) is 44.2 Å². The topological polar surface area (TPSA) is 38.0 Å². The molecule has 0 amide bonds. The molecule has 0 bridgehead atoms. The van der Waals surface area contributed by atoms with Crippen LogP contribution in [0.4, 0.5) is 4.39 Å². The van der Waals surface area contributed by atoms with Gasteiger partial charge in [0, 0.05) is 16.7 Å². The van der Waals surface area contributed by atoms with Crippen molar-refractivity contribution in [3.05, 3.63) is 30.1 Å². The van der Waals surface area contributed by atoms with Gasteiger partial charge in [-0.25, -0.2) is 4.39 Å². The first-order chi connectivity index (χ1) is 8.79. The molecule has 4 heteroatoms. The molecule has 0 heterocycles. The van der Waals surface area contributed by atoms with Gasteiger partial charge in [0.15, 0.2) is 0 Å². The van der Waals surface area contributed by atoms with Gasteiger partial charge in [0.05, 0.1) is 0 Å². The van der Waals surface area contributed by atoms with E-state index >= 15 is 0 Å². The van der Waals surface area contributed by atoms with Crippen LogP contribution in [0.15, 0.2) is 29.2 Å². The first-order valence-corrected chi connectivity index (χ1v) is 7.62. The van der Waals surface area contributed by atoms with Crippen LogP contribution in [0.25, 0.3) is 0 Å². The summed E-state index contributed by atoms with van der Waals surface area (Å²) in [5.41, 5.74) is 2.96. The van der Waals surface area contributed by atoms with Crippen LogP contribution in [0.3, 0.4) is 0 Å². The Balaban J connectivity index is 1.84. The van der Waals surface area contributed by atoms with Crippen LogP contribution in [0, 0.1) is 11.7 Å². The van der Waals surface area contributed by atoms with Crippen LogP contribution >= 0.6 is 11.8 Å². The lowest BCUT2D eigenvalue weighted by molar-refractivity contribution is 0.287. The molecule has 1 fully saturated rings. The predicted molar refractivity (Wildman–Crippen MR) is 74.8 cm³/mol. The van der Waals surface area contributed by atoms with Crippen molar-refractivity contribution >= 4 is 11.8 Å². The van der Waals surface area contributed by atoms with E-state index in [4.69, 9.17) is 5.84 Å². The molecule has 1 saturated carbocycles. The van der Waals surface area contributed by atoms with Crippen molar-refractivity contribution in [2.75, 3.05) is 5.75 Å². The summed E-state index contributed by atoms with van der Waals surface area (Å²) in [5.74, 6) is 7.13. The van der Waals surface area contributed by atoms with Crippen LogP contribution in [-0.2, 0) is 0 Å². The maximum absolute atomic E-state index is 12.8. The van der Waals surface area contributed by atoms with E-state index in [-0.39, 0.29) is 5.82 Å². The molecular weight excluding hydrogens is 247 g/mol. The van der Waals surface area contributed by atoms with Crippen LogP contribution in [-0.4, -0.2) is 11.8 Å². The number of hydrogen-bond donors (Lipinski definition) is 2. The molecule has 0 aromatic heterocycles. The number of nitrogens with two attached hydrogens (primary N) is 1. The van der Waals surface area contributed by atoms with Gasteiger partial charge in [-0.15, -0.1) is 11.8 Å². The quantitative estimate of drug-likeness (QED) is 0.489. The highest BCUT2D eigenvalue weighted by atomic mass is 32.2. The van der Waals surface area contributed by atoms with Crippen LogP contribution in [0.2, 0.25) is 0 Å². The molecule has 0 spiro atoms. The lowest BCUT2D eigenvalue weighted by Crippen LogP contribution is -2.43. The van der Waals surface area contributed by atoms with Gasteiger partial charge in [0.2, 0.25) is 0 Å². The molecule has 1 atom stereocenters. The van der Waals surface area contributed by atoms with Crippen molar-refractivity contribution in [1.29, 1.82) is 0 Å². The fourth-order valence-corrected chi connectivity index (χ4v) is 3.64. The molecule has 1 unspecified atom stereocenters. The van der Waals surface area contributed by atoms with Gasteiger partial charge in [0.25, 0.3) is 0 Å². The molecule has 1 aliphatic rings. The third kappa shape index (κ3) is 3.97. The largest absolute Gasteiger partial charge is 0.271 e. The lowest BCUT2D eigenvalue weighted by atomic mass is 9.85. The summed E-state index contributed by atoms with van der Waals surface area (Å²) >= 11 is 1.75. The smallest absolute Gasteiger partial charge is 0.123 e. The Labute approximate surface area is 112 Å². The standard InChI is InChI=1S/C14H21FN2S/c15-12-6-8-13(9-7-12)18-10-14(17-16)11-4-2-1-3-5-11/h6-9,11,14,17H,1-5,10,16H2. The Bertz CT molecular complexity index is 349. The number of halogens is 1. The van der Waals surface area contributed by atoms with Crippen molar-refractivity contribution < 1.29 is 4.39 Å². The van der Waals surface area contributed by atoms with Gasteiger partial charge < -0.3 is 0 Å². The monoisotopic (exact) mass is 268 g/mol. The third-order valence-electron chi connectivity index (χ3n) is 3.68. The molecule has 18 heavy (non-hydrogen) atoms. The van der Waals surface area contributed by atoms with Gasteiger partial charge in [-0.05, 0) is 43.0 Å². The van der Waals surface area contributed by atoms with Crippen molar-refractivity contribution in [2.45, 2.75) is 43.0 Å². The van der Waals surface area contributed by atoms with Gasteiger partial charge in [-0.1, -0.05) is 19.3 Å². The zero-order valence-corrected chi connectivity index (χ0v) is 11.4. The van der Waals surface area contributed by atoms with Gasteiger partial charge in [0.1, 0.15) is 5.82 Å². The first kappa shape index (κ1) is 13.8. The minimum atomic E-state index is -0.180. The molecule has 0 radical (unpaired) electrons. The van der Waals surface area contributed by atoms with E-state index in [1.807, 2.05) is 12.1 Å². The summed E-state index contributed by atoms with van der Waals surface area (Å²) in [5, 5.41) is 0. The van der Waals surface area contributed by atoms with E-state index in [2.05, 4.69) is 5.43 Å². The number of rotatable bonds is 5. The number of hydrazine groups is 1. The average molecular weight is 268 g/mol. The highest BCUT2D eigenvalue weighted by Gasteiger charge is 2.22. The number of nitrogens with one attached hydrogen (secondary N) is 1. The molecular formula is C14H21FN2S. The van der Waals surface area contributed by atoms with E-state index < -0.39 is 0 Å². The highest BCUT2D eigenvalue weighted by molar-refractivity contribution is 7.99. The summed E-state index contributed by atoms with van der Waals surface area (Å²) in [7, 11) is 0. The molecule has 100 valence electrons. The Morgan fingerprint density at radius 2 is 1.89 bits per heavy atom. The zero-order chi connectivity index (χ0) is 12.8. The predicted octanol–water partition coefficient (Wildman–Crippen LogP) is 3.33. The molecule has 0 saturated heterocycles. The minimum absolute atomic E-state index is 0.180. The van der Waals surface area contributed by atoms with Crippen LogP contribution in [0.5, 0.6) is 0 Å². The maximum atomic E-state index is 12.8. The second kappa shape index (κ2) is 7.12. The summed E-state index contributed by atoms with van der Waals surface area (Å²) in [6, 6.07) is 7.03. The number of thioether (sulfide) groups is 1. The molecule has 0 aliphatic heterocycles. The van der Waals surface area contributed by atoms with E-state index in [1.54, 1.807) is 11.8 Å². The Morgan fingerprint density at radius 3 is 2.50 bits per heavy atom. The van der Waals surface area contributed by atoms with Crippen molar-refractivity contribution in [2.24, 2.45) is 11.8 Å². The number of benzene rings is 1. The maximum Gasteiger partial charge on any atom is 0.123 e. The first-order valence-electron chi connectivity index (χ1n) is 6.64. The minimum Gasteiger partial charge on any atom is -0.271 e. The summed E-state index contributed by atoms with van der Waals surface area (Å²) < 4.78 is 12.8. The summed E-state index contributed by atoms with van der Waals surface area (Å²) in [6.07, 6.45) is 6.56.